The van der Waals surface area contributed by atoms with Crippen LogP contribution in [0, 0.1) is 5.82 Å². The van der Waals surface area contributed by atoms with Crippen molar-refractivity contribution in [2.24, 2.45) is 0 Å². The van der Waals surface area contributed by atoms with Gasteiger partial charge in [0.05, 0.1) is 15.7 Å². The number of benzene rings is 1. The van der Waals surface area contributed by atoms with Gasteiger partial charge >= 0.3 is 0 Å². The van der Waals surface area contributed by atoms with E-state index < -0.39 is 5.82 Å². The van der Waals surface area contributed by atoms with Crippen LogP contribution in [0.2, 0.25) is 10.0 Å². The molecule has 0 spiro atoms. The van der Waals surface area contributed by atoms with Gasteiger partial charge in [0.15, 0.2) is 5.11 Å². The maximum Gasteiger partial charge on any atom is 0.171 e. The molecule has 2 N–H and O–H groups in total. The lowest BCUT2D eigenvalue weighted by Crippen LogP contribution is -2.36. The Morgan fingerprint density at radius 2 is 1.78 bits per heavy atom. The maximum atomic E-state index is 13.0. The van der Waals surface area contributed by atoms with E-state index in [1.54, 1.807) is 0 Å². The molecule has 0 heterocycles. The normalized spacial score (nSPS) is 15.7. The maximum absolute atomic E-state index is 13.0. The van der Waals surface area contributed by atoms with Crippen LogP contribution in [0.5, 0.6) is 0 Å². The second kappa shape index (κ2) is 6.04. The largest absolute Gasteiger partial charge is 0.360 e. The minimum atomic E-state index is -0.467. The lowest BCUT2D eigenvalue weighted by atomic mass is 10.2. The van der Waals surface area contributed by atoms with Crippen LogP contribution in [0.4, 0.5) is 10.1 Å². The molecule has 1 aromatic carbocycles. The summed E-state index contributed by atoms with van der Waals surface area (Å²) in [6.45, 7) is 0. The molecule has 1 aliphatic rings. The van der Waals surface area contributed by atoms with Gasteiger partial charge < -0.3 is 10.6 Å². The number of halogens is 3. The summed E-state index contributed by atoms with van der Waals surface area (Å²) < 4.78 is 13.0. The summed E-state index contributed by atoms with van der Waals surface area (Å²) in [4.78, 5) is 0. The summed E-state index contributed by atoms with van der Waals surface area (Å²) in [5.74, 6) is -0.467. The van der Waals surface area contributed by atoms with Gasteiger partial charge in [0.2, 0.25) is 0 Å². The number of rotatable bonds is 2. The first-order chi connectivity index (χ1) is 8.56. The lowest BCUT2D eigenvalue weighted by molar-refractivity contribution is 0.628. The first-order valence-electron chi connectivity index (χ1n) is 5.78. The lowest BCUT2D eigenvalue weighted by Gasteiger charge is -2.17. The standard InChI is InChI=1S/C12H13Cl2FN2S/c13-9-5-7(15)6-10(14)11(9)17-12(18)16-8-3-1-2-4-8/h5-6,8H,1-4H2,(H2,16,17,18). The molecule has 18 heavy (non-hydrogen) atoms. The van der Waals surface area contributed by atoms with Gasteiger partial charge in [-0.25, -0.2) is 4.39 Å². The van der Waals surface area contributed by atoms with Crippen LogP contribution >= 0.6 is 35.4 Å². The molecule has 6 heteroatoms. The van der Waals surface area contributed by atoms with Crippen molar-refractivity contribution in [3.05, 3.63) is 28.0 Å². The third-order valence-electron chi connectivity index (χ3n) is 2.94. The Bertz CT molecular complexity index is 438. The van der Waals surface area contributed by atoms with Crippen LogP contribution < -0.4 is 10.6 Å². The van der Waals surface area contributed by atoms with Gasteiger partial charge in [0.1, 0.15) is 5.82 Å². The van der Waals surface area contributed by atoms with E-state index in [9.17, 15) is 4.39 Å². The minimum Gasteiger partial charge on any atom is -0.360 e. The third kappa shape index (κ3) is 3.46. The Morgan fingerprint density at radius 1 is 1.22 bits per heavy atom. The van der Waals surface area contributed by atoms with Gasteiger partial charge in [-0.1, -0.05) is 36.0 Å². The predicted molar refractivity (Wildman–Crippen MR) is 78.0 cm³/mol. The fourth-order valence-electron chi connectivity index (χ4n) is 2.07. The Labute approximate surface area is 121 Å². The van der Waals surface area contributed by atoms with E-state index in [4.69, 9.17) is 35.4 Å². The highest BCUT2D eigenvalue weighted by Crippen LogP contribution is 2.31. The van der Waals surface area contributed by atoms with Crippen molar-refractivity contribution in [3.8, 4) is 0 Å². The van der Waals surface area contributed by atoms with Gasteiger partial charge in [-0.05, 0) is 37.2 Å². The smallest absolute Gasteiger partial charge is 0.171 e. The molecule has 0 saturated heterocycles. The highest BCUT2D eigenvalue weighted by Gasteiger charge is 2.16. The molecule has 0 aromatic heterocycles. The third-order valence-corrected chi connectivity index (χ3v) is 3.75. The SMILES string of the molecule is Fc1cc(Cl)c(NC(=S)NC2CCCC2)c(Cl)c1. The first kappa shape index (κ1) is 13.8. The Morgan fingerprint density at radius 3 is 2.33 bits per heavy atom. The molecule has 98 valence electrons. The van der Waals surface area contributed by atoms with E-state index in [0.29, 0.717) is 16.8 Å². The van der Waals surface area contributed by atoms with Crippen LogP contribution in [0.25, 0.3) is 0 Å². The molecule has 1 fully saturated rings. The molecule has 0 unspecified atom stereocenters. The van der Waals surface area contributed by atoms with Crippen molar-refractivity contribution in [3.63, 3.8) is 0 Å². The molecule has 1 saturated carbocycles. The summed E-state index contributed by atoms with van der Waals surface area (Å²) in [6.07, 6.45) is 4.68. The van der Waals surface area contributed by atoms with Crippen molar-refractivity contribution in [2.75, 3.05) is 5.32 Å². The van der Waals surface area contributed by atoms with E-state index in [0.717, 1.165) is 12.8 Å². The molecule has 0 amide bonds. The van der Waals surface area contributed by atoms with Crippen LogP contribution in [-0.4, -0.2) is 11.2 Å². The predicted octanol–water partition coefficient (Wildman–Crippen LogP) is 4.36. The Hall–Kier alpha value is -0.580. The highest BCUT2D eigenvalue weighted by atomic mass is 35.5. The Kier molecular flexibility index (Phi) is 4.65. The molecular formula is C12H13Cl2FN2S. The number of hydrogen-bond donors (Lipinski definition) is 2. The zero-order chi connectivity index (χ0) is 13.1. The average Bonchev–Trinajstić information content (AvgIpc) is 2.76. The molecule has 1 aromatic rings. The van der Waals surface area contributed by atoms with Crippen LogP contribution in [0.3, 0.4) is 0 Å². The van der Waals surface area contributed by atoms with Crippen molar-refractivity contribution in [2.45, 2.75) is 31.7 Å². The molecule has 1 aliphatic carbocycles. The number of thiocarbonyl (C=S) groups is 1. The highest BCUT2D eigenvalue weighted by molar-refractivity contribution is 7.80. The van der Waals surface area contributed by atoms with Gasteiger partial charge in [-0.15, -0.1) is 0 Å². The summed E-state index contributed by atoms with van der Waals surface area (Å²) >= 11 is 17.0. The molecule has 2 rings (SSSR count). The zero-order valence-corrected chi connectivity index (χ0v) is 11.9. The summed E-state index contributed by atoms with van der Waals surface area (Å²) in [6, 6.07) is 2.81. The van der Waals surface area contributed by atoms with Crippen LogP contribution in [0.1, 0.15) is 25.7 Å². The second-order valence-corrected chi connectivity index (χ2v) is 5.55. The van der Waals surface area contributed by atoms with E-state index in [2.05, 4.69) is 10.6 Å². The van der Waals surface area contributed by atoms with Gasteiger partial charge in [-0.3, -0.25) is 0 Å². The molecule has 0 atom stereocenters. The fourth-order valence-corrected chi connectivity index (χ4v) is 2.89. The summed E-state index contributed by atoms with van der Waals surface area (Å²) in [5, 5.41) is 7.03. The molecule has 0 aliphatic heterocycles. The average molecular weight is 307 g/mol. The monoisotopic (exact) mass is 306 g/mol. The molecule has 0 bridgehead atoms. The number of nitrogens with one attached hydrogen (secondary N) is 2. The summed E-state index contributed by atoms with van der Waals surface area (Å²) in [7, 11) is 0. The minimum absolute atomic E-state index is 0.218. The number of anilines is 1. The van der Waals surface area contributed by atoms with E-state index in [1.165, 1.54) is 25.0 Å². The fraction of sp³-hybridized carbons (Fsp3) is 0.417. The van der Waals surface area contributed by atoms with E-state index in [-0.39, 0.29) is 10.0 Å². The van der Waals surface area contributed by atoms with Crippen molar-refractivity contribution in [1.29, 1.82) is 0 Å². The zero-order valence-electron chi connectivity index (χ0n) is 9.60. The molecular weight excluding hydrogens is 294 g/mol. The van der Waals surface area contributed by atoms with Gasteiger partial charge in [0, 0.05) is 6.04 Å². The Balaban J connectivity index is 2.02. The van der Waals surface area contributed by atoms with Crippen molar-refractivity contribution >= 4 is 46.2 Å². The molecule has 2 nitrogen and oxygen atoms in total. The van der Waals surface area contributed by atoms with E-state index in [1.807, 2.05) is 0 Å². The number of hydrogen-bond acceptors (Lipinski definition) is 1. The van der Waals surface area contributed by atoms with Gasteiger partial charge in [-0.2, -0.15) is 0 Å². The molecule has 0 radical (unpaired) electrons. The topological polar surface area (TPSA) is 24.1 Å². The quantitative estimate of drug-likeness (QED) is 0.794. The van der Waals surface area contributed by atoms with Crippen molar-refractivity contribution in [1.82, 2.24) is 5.32 Å². The van der Waals surface area contributed by atoms with Crippen molar-refractivity contribution < 1.29 is 4.39 Å². The first-order valence-corrected chi connectivity index (χ1v) is 6.95. The second-order valence-electron chi connectivity index (χ2n) is 4.32. The van der Waals surface area contributed by atoms with E-state index >= 15 is 0 Å². The summed E-state index contributed by atoms with van der Waals surface area (Å²) in [5.41, 5.74) is 0.440. The van der Waals surface area contributed by atoms with Gasteiger partial charge in [0.25, 0.3) is 0 Å². The van der Waals surface area contributed by atoms with Crippen LogP contribution in [-0.2, 0) is 0 Å². The van der Waals surface area contributed by atoms with Crippen LogP contribution in [0.15, 0.2) is 12.1 Å².